The van der Waals surface area contributed by atoms with E-state index in [0.717, 1.165) is 4.47 Å². The van der Waals surface area contributed by atoms with Gasteiger partial charge >= 0.3 is 0 Å². The quantitative estimate of drug-likeness (QED) is 0.712. The Hall–Kier alpha value is -2.68. The molecule has 9 heteroatoms. The number of likely N-dealkylation sites (tertiary alicyclic amines) is 2. The van der Waals surface area contributed by atoms with Crippen LogP contribution in [0.5, 0.6) is 0 Å². The highest BCUT2D eigenvalue weighted by Crippen LogP contribution is 2.25. The first-order valence-corrected chi connectivity index (χ1v) is 11.3. The first kappa shape index (κ1) is 21.5. The van der Waals surface area contributed by atoms with Crippen LogP contribution in [0.25, 0.3) is 0 Å². The highest BCUT2D eigenvalue weighted by molar-refractivity contribution is 9.10. The van der Waals surface area contributed by atoms with Crippen LogP contribution in [0.4, 0.5) is 5.82 Å². The Kier molecular flexibility index (Phi) is 6.70. The fourth-order valence-corrected chi connectivity index (χ4v) is 4.42. The van der Waals surface area contributed by atoms with Crippen LogP contribution in [0.3, 0.4) is 0 Å². The molecule has 8 nitrogen and oxygen atoms in total. The maximum absolute atomic E-state index is 12.9. The van der Waals surface area contributed by atoms with Gasteiger partial charge in [-0.15, -0.1) is 0 Å². The van der Waals surface area contributed by atoms with Gasteiger partial charge in [0.05, 0.1) is 6.26 Å². The molecule has 0 spiro atoms. The van der Waals surface area contributed by atoms with E-state index >= 15 is 0 Å². The molecule has 4 rings (SSSR count). The molecule has 0 aliphatic carbocycles. The van der Waals surface area contributed by atoms with Gasteiger partial charge in [0, 0.05) is 48.7 Å². The van der Waals surface area contributed by atoms with Crippen molar-refractivity contribution in [3.8, 4) is 0 Å². The molecule has 2 aliphatic heterocycles. The Labute approximate surface area is 189 Å². The third-order valence-corrected chi connectivity index (χ3v) is 6.49. The van der Waals surface area contributed by atoms with Crippen molar-refractivity contribution in [1.82, 2.24) is 14.8 Å². The number of furan rings is 1. The van der Waals surface area contributed by atoms with Gasteiger partial charge in [0.1, 0.15) is 5.82 Å². The van der Waals surface area contributed by atoms with Crippen LogP contribution in [-0.2, 0) is 9.59 Å². The lowest BCUT2D eigenvalue weighted by Gasteiger charge is -2.36. The Morgan fingerprint density at radius 3 is 2.26 bits per heavy atom. The van der Waals surface area contributed by atoms with E-state index < -0.39 is 0 Å². The number of rotatable bonds is 4. The van der Waals surface area contributed by atoms with Crippen molar-refractivity contribution in [1.29, 1.82) is 0 Å². The lowest BCUT2D eigenvalue weighted by molar-refractivity contribution is -0.139. The van der Waals surface area contributed by atoms with Crippen LogP contribution in [0.2, 0.25) is 0 Å². The van der Waals surface area contributed by atoms with Crippen molar-refractivity contribution in [3.05, 3.63) is 47.0 Å². The van der Waals surface area contributed by atoms with Crippen molar-refractivity contribution in [2.45, 2.75) is 25.7 Å². The number of pyridine rings is 1. The molecule has 3 amide bonds. The maximum Gasteiger partial charge on any atom is 0.289 e. The van der Waals surface area contributed by atoms with E-state index in [4.69, 9.17) is 4.42 Å². The van der Waals surface area contributed by atoms with Crippen molar-refractivity contribution in [2.24, 2.45) is 11.8 Å². The number of hydrogen-bond donors (Lipinski definition) is 1. The molecule has 0 bridgehead atoms. The third kappa shape index (κ3) is 5.15. The van der Waals surface area contributed by atoms with Gasteiger partial charge in [0.2, 0.25) is 11.8 Å². The number of amides is 3. The molecule has 2 aliphatic rings. The molecule has 31 heavy (non-hydrogen) atoms. The highest BCUT2D eigenvalue weighted by atomic mass is 79.9. The minimum atomic E-state index is -0.123. The zero-order valence-corrected chi connectivity index (χ0v) is 18.7. The summed E-state index contributed by atoms with van der Waals surface area (Å²) in [7, 11) is 0. The number of halogens is 1. The topological polar surface area (TPSA) is 95.8 Å². The number of carbonyl (C=O) groups is 3. The predicted octanol–water partition coefficient (Wildman–Crippen LogP) is 3.17. The summed E-state index contributed by atoms with van der Waals surface area (Å²) >= 11 is 3.32. The molecule has 0 radical (unpaired) electrons. The highest BCUT2D eigenvalue weighted by Gasteiger charge is 2.34. The minimum Gasteiger partial charge on any atom is -0.459 e. The molecule has 2 saturated heterocycles. The molecule has 0 aromatic carbocycles. The van der Waals surface area contributed by atoms with Gasteiger partial charge < -0.3 is 19.5 Å². The van der Waals surface area contributed by atoms with Gasteiger partial charge in [-0.3, -0.25) is 14.4 Å². The fourth-order valence-electron chi connectivity index (χ4n) is 4.18. The molecule has 2 aromatic rings. The summed E-state index contributed by atoms with van der Waals surface area (Å²) in [6, 6.07) is 6.94. The van der Waals surface area contributed by atoms with Crippen LogP contribution in [0, 0.1) is 11.8 Å². The van der Waals surface area contributed by atoms with Crippen molar-refractivity contribution < 1.29 is 18.8 Å². The standard InChI is InChI=1S/C22H25BrN4O4/c23-17-3-4-19(24-14-17)25-20(28)15-5-9-26(10-6-15)21(29)16-7-11-27(12-8-16)22(30)18-2-1-13-31-18/h1-4,13-16H,5-12H2,(H,24,25,28). The van der Waals surface area contributed by atoms with Crippen molar-refractivity contribution >= 4 is 39.5 Å². The van der Waals surface area contributed by atoms with E-state index in [0.29, 0.717) is 63.4 Å². The van der Waals surface area contributed by atoms with Gasteiger partial charge in [-0.25, -0.2) is 4.98 Å². The Morgan fingerprint density at radius 2 is 1.65 bits per heavy atom. The molecule has 4 heterocycles. The van der Waals surface area contributed by atoms with Crippen molar-refractivity contribution in [3.63, 3.8) is 0 Å². The number of hydrogen-bond acceptors (Lipinski definition) is 5. The smallest absolute Gasteiger partial charge is 0.289 e. The second-order valence-corrected chi connectivity index (χ2v) is 8.91. The molecule has 0 atom stereocenters. The van der Waals surface area contributed by atoms with Gasteiger partial charge in [-0.1, -0.05) is 0 Å². The summed E-state index contributed by atoms with van der Waals surface area (Å²) in [6.45, 7) is 2.26. The van der Waals surface area contributed by atoms with Gasteiger partial charge in [-0.05, 0) is 65.9 Å². The van der Waals surface area contributed by atoms with E-state index in [1.807, 2.05) is 11.0 Å². The zero-order valence-electron chi connectivity index (χ0n) is 17.1. The van der Waals surface area contributed by atoms with E-state index in [-0.39, 0.29) is 29.6 Å². The Bertz CT molecular complexity index is 915. The van der Waals surface area contributed by atoms with E-state index in [1.54, 1.807) is 29.3 Å². The molecular formula is C22H25BrN4O4. The van der Waals surface area contributed by atoms with Gasteiger partial charge in [0.15, 0.2) is 5.76 Å². The van der Waals surface area contributed by atoms with Crippen LogP contribution < -0.4 is 5.32 Å². The first-order valence-electron chi connectivity index (χ1n) is 10.6. The second kappa shape index (κ2) is 9.64. The Morgan fingerprint density at radius 1 is 0.968 bits per heavy atom. The summed E-state index contributed by atoms with van der Waals surface area (Å²) in [4.78, 5) is 45.6. The largest absolute Gasteiger partial charge is 0.459 e. The van der Waals surface area contributed by atoms with Gasteiger partial charge in [0.25, 0.3) is 5.91 Å². The summed E-state index contributed by atoms with van der Waals surface area (Å²) in [5.41, 5.74) is 0. The van der Waals surface area contributed by atoms with E-state index in [1.165, 1.54) is 6.26 Å². The number of piperidine rings is 2. The molecule has 0 unspecified atom stereocenters. The minimum absolute atomic E-state index is 0.0494. The van der Waals surface area contributed by atoms with Crippen LogP contribution in [0.15, 0.2) is 45.6 Å². The van der Waals surface area contributed by atoms with E-state index in [9.17, 15) is 14.4 Å². The molecule has 1 N–H and O–H groups in total. The van der Waals surface area contributed by atoms with Crippen LogP contribution in [0.1, 0.15) is 36.2 Å². The Balaban J connectivity index is 1.23. The van der Waals surface area contributed by atoms with Crippen LogP contribution >= 0.6 is 15.9 Å². The summed E-state index contributed by atoms with van der Waals surface area (Å²) < 4.78 is 6.04. The predicted molar refractivity (Wildman–Crippen MR) is 117 cm³/mol. The molecular weight excluding hydrogens is 464 g/mol. The first-order chi connectivity index (χ1) is 15.0. The number of nitrogens with zero attached hydrogens (tertiary/aromatic N) is 3. The van der Waals surface area contributed by atoms with Crippen molar-refractivity contribution in [2.75, 3.05) is 31.5 Å². The summed E-state index contributed by atoms with van der Waals surface area (Å²) in [6.07, 6.45) is 5.73. The zero-order chi connectivity index (χ0) is 21.8. The molecule has 164 valence electrons. The third-order valence-electron chi connectivity index (χ3n) is 6.02. The van der Waals surface area contributed by atoms with Gasteiger partial charge in [-0.2, -0.15) is 0 Å². The SMILES string of the molecule is O=C(Nc1ccc(Br)cn1)C1CCN(C(=O)C2CCN(C(=O)c3ccco3)CC2)CC1. The number of aromatic nitrogens is 1. The average Bonchev–Trinajstić information content (AvgIpc) is 3.35. The summed E-state index contributed by atoms with van der Waals surface area (Å²) in [5, 5.41) is 2.85. The number of carbonyl (C=O) groups excluding carboxylic acids is 3. The fraction of sp³-hybridized carbons (Fsp3) is 0.455. The molecule has 0 saturated carbocycles. The van der Waals surface area contributed by atoms with Crippen LogP contribution in [-0.4, -0.2) is 58.7 Å². The lowest BCUT2D eigenvalue weighted by atomic mass is 9.91. The average molecular weight is 489 g/mol. The molecule has 2 aromatic heterocycles. The number of anilines is 1. The number of nitrogens with one attached hydrogen (secondary N) is 1. The van der Waals surface area contributed by atoms with E-state index in [2.05, 4.69) is 26.2 Å². The molecule has 2 fully saturated rings. The monoisotopic (exact) mass is 488 g/mol. The maximum atomic E-state index is 12.9. The lowest BCUT2D eigenvalue weighted by Crippen LogP contribution is -2.47. The normalized spacial score (nSPS) is 18.1. The summed E-state index contributed by atoms with van der Waals surface area (Å²) in [5.74, 6) is 0.638. The second-order valence-electron chi connectivity index (χ2n) is 7.99.